The molecule has 2 amide bonds. The average molecular weight is 403 g/mol. The number of aryl methyl sites for hydroxylation is 2. The number of hydrogen-bond donors (Lipinski definition) is 1. The fraction of sp³-hybridized carbons (Fsp3) is 0.286. The zero-order valence-corrected chi connectivity index (χ0v) is 16.0. The standard InChI is InChI=1S/C21H20F3N3O2/c1-13-7-8-17(9-14(13)2)27-12-16(10-19(27)28)20(29)26-25-11-15-5-3-4-6-18(15)21(22,23)24/h3-9,11,16H,10,12H2,1-2H3,(H,26,29)/b25-11-/t16-/m1/s1. The van der Waals surface area contributed by atoms with Crippen LogP contribution in [-0.4, -0.2) is 24.6 Å². The van der Waals surface area contributed by atoms with Gasteiger partial charge in [0, 0.05) is 24.2 Å². The third kappa shape index (κ3) is 4.64. The molecule has 152 valence electrons. The third-order valence-corrected chi connectivity index (χ3v) is 4.94. The first-order valence-corrected chi connectivity index (χ1v) is 9.03. The van der Waals surface area contributed by atoms with Crippen molar-refractivity contribution in [2.75, 3.05) is 11.4 Å². The summed E-state index contributed by atoms with van der Waals surface area (Å²) in [4.78, 5) is 26.2. The maximum atomic E-state index is 13.0. The zero-order valence-electron chi connectivity index (χ0n) is 16.0. The fourth-order valence-corrected chi connectivity index (χ4v) is 3.15. The second-order valence-corrected chi connectivity index (χ2v) is 6.99. The van der Waals surface area contributed by atoms with Crippen LogP contribution < -0.4 is 10.3 Å². The molecular weight excluding hydrogens is 383 g/mol. The van der Waals surface area contributed by atoms with Gasteiger partial charge in [0.1, 0.15) is 0 Å². The summed E-state index contributed by atoms with van der Waals surface area (Å²) in [6.45, 7) is 4.11. The lowest BCUT2D eigenvalue weighted by atomic mass is 10.1. The number of hydrogen-bond acceptors (Lipinski definition) is 3. The molecular formula is C21H20F3N3O2. The van der Waals surface area contributed by atoms with E-state index in [1.165, 1.54) is 18.2 Å². The molecule has 0 bridgehead atoms. The first kappa shape index (κ1) is 20.6. The fourth-order valence-electron chi connectivity index (χ4n) is 3.15. The Balaban J connectivity index is 1.66. The van der Waals surface area contributed by atoms with Crippen LogP contribution in [0.4, 0.5) is 18.9 Å². The summed E-state index contributed by atoms with van der Waals surface area (Å²) in [6.07, 6.45) is -3.54. The number of benzene rings is 2. The molecule has 1 aliphatic rings. The first-order chi connectivity index (χ1) is 13.7. The van der Waals surface area contributed by atoms with Gasteiger partial charge in [-0.05, 0) is 43.2 Å². The number of amides is 2. The number of rotatable bonds is 4. The van der Waals surface area contributed by atoms with E-state index in [9.17, 15) is 22.8 Å². The minimum atomic E-state index is -4.52. The monoisotopic (exact) mass is 403 g/mol. The van der Waals surface area contributed by atoms with Crippen LogP contribution in [0.3, 0.4) is 0 Å². The van der Waals surface area contributed by atoms with Crippen molar-refractivity contribution in [2.45, 2.75) is 26.4 Å². The molecule has 1 saturated heterocycles. The Morgan fingerprint density at radius 1 is 1.17 bits per heavy atom. The van der Waals surface area contributed by atoms with Crippen molar-refractivity contribution in [3.05, 3.63) is 64.7 Å². The van der Waals surface area contributed by atoms with E-state index in [2.05, 4.69) is 10.5 Å². The van der Waals surface area contributed by atoms with Gasteiger partial charge < -0.3 is 4.90 Å². The van der Waals surface area contributed by atoms with Crippen LogP contribution in [0, 0.1) is 19.8 Å². The molecule has 1 aliphatic heterocycles. The predicted molar refractivity (Wildman–Crippen MR) is 104 cm³/mol. The van der Waals surface area contributed by atoms with Gasteiger partial charge in [0.05, 0.1) is 17.7 Å². The van der Waals surface area contributed by atoms with Crippen molar-refractivity contribution in [1.29, 1.82) is 0 Å². The zero-order chi connectivity index (χ0) is 21.2. The summed E-state index contributed by atoms with van der Waals surface area (Å²) >= 11 is 0. The van der Waals surface area contributed by atoms with Gasteiger partial charge in [-0.2, -0.15) is 18.3 Å². The lowest BCUT2D eigenvalue weighted by Crippen LogP contribution is -2.30. The molecule has 8 heteroatoms. The second kappa shape index (κ2) is 8.06. The lowest BCUT2D eigenvalue weighted by Gasteiger charge is -2.17. The van der Waals surface area contributed by atoms with Crippen molar-refractivity contribution in [3.63, 3.8) is 0 Å². The van der Waals surface area contributed by atoms with Crippen LogP contribution in [0.2, 0.25) is 0 Å². The highest BCUT2D eigenvalue weighted by molar-refractivity contribution is 6.00. The minimum absolute atomic E-state index is 0.0212. The number of nitrogens with one attached hydrogen (secondary N) is 1. The Hall–Kier alpha value is -3.16. The Bertz CT molecular complexity index is 970. The highest BCUT2D eigenvalue weighted by atomic mass is 19.4. The summed E-state index contributed by atoms with van der Waals surface area (Å²) in [5, 5.41) is 3.65. The molecule has 1 atom stereocenters. The average Bonchev–Trinajstić information content (AvgIpc) is 3.05. The maximum absolute atomic E-state index is 13.0. The van der Waals surface area contributed by atoms with E-state index in [0.717, 1.165) is 29.1 Å². The van der Waals surface area contributed by atoms with E-state index in [0.29, 0.717) is 0 Å². The van der Waals surface area contributed by atoms with E-state index >= 15 is 0 Å². The largest absolute Gasteiger partial charge is 0.417 e. The van der Waals surface area contributed by atoms with Crippen molar-refractivity contribution in [2.24, 2.45) is 11.0 Å². The van der Waals surface area contributed by atoms with Crippen LogP contribution in [0.15, 0.2) is 47.6 Å². The molecule has 1 fully saturated rings. The van der Waals surface area contributed by atoms with E-state index < -0.39 is 23.6 Å². The normalized spacial score (nSPS) is 17.2. The Kier molecular flexibility index (Phi) is 5.72. The van der Waals surface area contributed by atoms with E-state index in [1.54, 1.807) is 4.90 Å². The predicted octanol–water partition coefficient (Wildman–Crippen LogP) is 3.83. The Morgan fingerprint density at radius 3 is 2.59 bits per heavy atom. The van der Waals surface area contributed by atoms with Gasteiger partial charge in [-0.1, -0.05) is 24.3 Å². The van der Waals surface area contributed by atoms with Gasteiger partial charge in [0.15, 0.2) is 0 Å². The quantitative estimate of drug-likeness (QED) is 0.623. The summed E-state index contributed by atoms with van der Waals surface area (Å²) in [6, 6.07) is 10.6. The molecule has 0 aromatic heterocycles. The van der Waals surface area contributed by atoms with Crippen molar-refractivity contribution in [1.82, 2.24) is 5.43 Å². The molecule has 0 radical (unpaired) electrons. The summed E-state index contributed by atoms with van der Waals surface area (Å²) in [5.74, 6) is -1.32. The maximum Gasteiger partial charge on any atom is 0.417 e. The molecule has 1 N–H and O–H groups in total. The highest BCUT2D eigenvalue weighted by Gasteiger charge is 2.35. The number of alkyl halides is 3. The van der Waals surface area contributed by atoms with Crippen LogP contribution in [0.5, 0.6) is 0 Å². The molecule has 0 unspecified atom stereocenters. The molecule has 29 heavy (non-hydrogen) atoms. The van der Waals surface area contributed by atoms with E-state index in [4.69, 9.17) is 0 Å². The molecule has 0 aliphatic carbocycles. The molecule has 0 spiro atoms. The van der Waals surface area contributed by atoms with Crippen LogP contribution in [0.25, 0.3) is 0 Å². The van der Waals surface area contributed by atoms with Crippen LogP contribution in [0.1, 0.15) is 28.7 Å². The lowest BCUT2D eigenvalue weighted by molar-refractivity contribution is -0.137. The summed E-state index contributed by atoms with van der Waals surface area (Å²) in [5.41, 5.74) is 4.11. The van der Waals surface area contributed by atoms with Crippen molar-refractivity contribution in [3.8, 4) is 0 Å². The van der Waals surface area contributed by atoms with Gasteiger partial charge in [-0.15, -0.1) is 0 Å². The minimum Gasteiger partial charge on any atom is -0.312 e. The first-order valence-electron chi connectivity index (χ1n) is 9.03. The molecule has 1 heterocycles. The number of anilines is 1. The van der Waals surface area contributed by atoms with Crippen LogP contribution in [-0.2, 0) is 15.8 Å². The molecule has 2 aromatic carbocycles. The highest BCUT2D eigenvalue weighted by Crippen LogP contribution is 2.31. The number of carbonyl (C=O) groups excluding carboxylic acids is 2. The van der Waals surface area contributed by atoms with Crippen molar-refractivity contribution < 1.29 is 22.8 Å². The van der Waals surface area contributed by atoms with Gasteiger partial charge in [0.2, 0.25) is 11.8 Å². The smallest absolute Gasteiger partial charge is 0.312 e. The number of nitrogens with zero attached hydrogens (tertiary/aromatic N) is 2. The second-order valence-electron chi connectivity index (χ2n) is 6.99. The number of hydrazone groups is 1. The Morgan fingerprint density at radius 2 is 1.90 bits per heavy atom. The van der Waals surface area contributed by atoms with Gasteiger partial charge in [-0.3, -0.25) is 9.59 Å². The van der Waals surface area contributed by atoms with E-state index in [1.807, 2.05) is 32.0 Å². The van der Waals surface area contributed by atoms with E-state index in [-0.39, 0.29) is 24.4 Å². The van der Waals surface area contributed by atoms with Crippen LogP contribution >= 0.6 is 0 Å². The topological polar surface area (TPSA) is 61.8 Å². The van der Waals surface area contributed by atoms with Gasteiger partial charge in [0.25, 0.3) is 0 Å². The molecule has 3 rings (SSSR count). The molecule has 5 nitrogen and oxygen atoms in total. The van der Waals surface area contributed by atoms with Gasteiger partial charge >= 0.3 is 6.18 Å². The van der Waals surface area contributed by atoms with Gasteiger partial charge in [-0.25, -0.2) is 5.43 Å². The molecule has 0 saturated carbocycles. The molecule has 2 aromatic rings. The Labute approximate surface area is 166 Å². The number of carbonyl (C=O) groups is 2. The third-order valence-electron chi connectivity index (χ3n) is 4.94. The van der Waals surface area contributed by atoms with Crippen molar-refractivity contribution >= 4 is 23.7 Å². The SMILES string of the molecule is Cc1ccc(N2C[C@H](C(=O)N/N=C\c3ccccc3C(F)(F)F)CC2=O)cc1C. The summed E-state index contributed by atoms with van der Waals surface area (Å²) in [7, 11) is 0. The number of halogens is 3. The summed E-state index contributed by atoms with van der Waals surface area (Å²) < 4.78 is 39.0.